The van der Waals surface area contributed by atoms with Crippen molar-refractivity contribution in [3.63, 3.8) is 0 Å². The fraction of sp³-hybridized carbons (Fsp3) is 0.400. The Morgan fingerprint density at radius 2 is 1.97 bits per heavy atom. The van der Waals surface area contributed by atoms with E-state index in [1.54, 1.807) is 29.2 Å². The van der Waals surface area contributed by atoms with Gasteiger partial charge >= 0.3 is 0 Å². The molecule has 3 rings (SSSR count). The van der Waals surface area contributed by atoms with E-state index >= 15 is 0 Å². The quantitative estimate of drug-likeness (QED) is 0.739. The van der Waals surface area contributed by atoms with Crippen molar-refractivity contribution >= 4 is 29.9 Å². The number of nitrogens with two attached hydrogens (primary N) is 1. The van der Waals surface area contributed by atoms with Crippen LogP contribution >= 0.6 is 12.4 Å². The lowest BCUT2D eigenvalue weighted by Gasteiger charge is -2.24. The summed E-state index contributed by atoms with van der Waals surface area (Å²) in [6.07, 6.45) is 2.24. The number of nitrogens with zero attached hydrogens (tertiary/aromatic N) is 1. The number of nitrogens with one attached hydrogen (secondary N) is 1. The fourth-order valence-electron chi connectivity index (χ4n) is 3.29. The number of furan rings is 1. The molecule has 1 aliphatic rings. The Labute approximate surface area is 175 Å². The molecule has 2 amide bonds. The standard InChI is InChI=1S/C20H25N3O5.ClH/c1-20(11-21)6-7-23(12-20)19(25)13-9-16(26-2)17(27-3)10-14(13)22-18(24)15-5-4-8-28-15;/h4-5,8-10H,6-7,11-12,21H2,1-3H3,(H,22,24);1H. The maximum Gasteiger partial charge on any atom is 0.291 e. The summed E-state index contributed by atoms with van der Waals surface area (Å²) in [6.45, 7) is 3.73. The van der Waals surface area contributed by atoms with Crippen molar-refractivity contribution in [1.82, 2.24) is 4.90 Å². The molecule has 29 heavy (non-hydrogen) atoms. The summed E-state index contributed by atoms with van der Waals surface area (Å²) >= 11 is 0. The Kier molecular flexibility index (Phi) is 7.16. The first-order valence-electron chi connectivity index (χ1n) is 9.01. The van der Waals surface area contributed by atoms with Gasteiger partial charge in [-0.05, 0) is 36.6 Å². The van der Waals surface area contributed by atoms with Crippen molar-refractivity contribution in [3.05, 3.63) is 41.9 Å². The van der Waals surface area contributed by atoms with Crippen LogP contribution < -0.4 is 20.5 Å². The molecule has 2 aromatic rings. The van der Waals surface area contributed by atoms with E-state index in [1.165, 1.54) is 20.5 Å². The van der Waals surface area contributed by atoms with Gasteiger partial charge in [0.1, 0.15) is 0 Å². The molecule has 3 N–H and O–H groups in total. The summed E-state index contributed by atoms with van der Waals surface area (Å²) in [5.41, 5.74) is 6.40. The molecule has 9 heteroatoms. The molecule has 2 heterocycles. The first-order chi connectivity index (χ1) is 13.4. The zero-order valence-corrected chi connectivity index (χ0v) is 17.5. The molecule has 1 aromatic heterocycles. The van der Waals surface area contributed by atoms with Crippen LogP contribution in [0.3, 0.4) is 0 Å². The average Bonchev–Trinajstić information content (AvgIpc) is 3.37. The lowest BCUT2D eigenvalue weighted by Crippen LogP contribution is -2.35. The molecule has 0 aliphatic carbocycles. The van der Waals surface area contributed by atoms with Gasteiger partial charge in [0.25, 0.3) is 11.8 Å². The third kappa shape index (κ3) is 4.65. The SMILES string of the molecule is COc1cc(NC(=O)c2ccco2)c(C(=O)N2CCC(C)(CN)C2)cc1OC.Cl. The minimum Gasteiger partial charge on any atom is -0.493 e. The number of methoxy groups -OCH3 is 2. The highest BCUT2D eigenvalue weighted by Crippen LogP contribution is 2.36. The van der Waals surface area contributed by atoms with E-state index < -0.39 is 5.91 Å². The number of anilines is 1. The molecule has 1 saturated heterocycles. The largest absolute Gasteiger partial charge is 0.493 e. The average molecular weight is 424 g/mol. The number of amides is 2. The van der Waals surface area contributed by atoms with Crippen LogP contribution in [-0.4, -0.2) is 50.6 Å². The second-order valence-corrected chi connectivity index (χ2v) is 7.18. The number of carbonyl (C=O) groups excluding carboxylic acids is 2. The van der Waals surface area contributed by atoms with E-state index in [2.05, 4.69) is 12.2 Å². The van der Waals surface area contributed by atoms with Crippen LogP contribution in [0.1, 0.15) is 34.3 Å². The van der Waals surface area contributed by atoms with Gasteiger partial charge in [-0.25, -0.2) is 0 Å². The summed E-state index contributed by atoms with van der Waals surface area (Å²) in [5, 5.41) is 2.74. The Balaban J connectivity index is 0.00000300. The van der Waals surface area contributed by atoms with Crippen LogP contribution in [0.4, 0.5) is 5.69 Å². The number of hydrogen-bond donors (Lipinski definition) is 2. The molecule has 0 saturated carbocycles. The number of ether oxygens (including phenoxy) is 2. The van der Waals surface area contributed by atoms with Crippen LogP contribution in [0.25, 0.3) is 0 Å². The summed E-state index contributed by atoms with van der Waals surface area (Å²) < 4.78 is 15.8. The van der Waals surface area contributed by atoms with Crippen molar-refractivity contribution in [3.8, 4) is 11.5 Å². The maximum absolute atomic E-state index is 13.2. The van der Waals surface area contributed by atoms with Gasteiger partial charge in [-0.15, -0.1) is 12.4 Å². The topological polar surface area (TPSA) is 107 Å². The predicted octanol–water partition coefficient (Wildman–Crippen LogP) is 2.78. The van der Waals surface area contributed by atoms with Crippen LogP contribution in [0.5, 0.6) is 11.5 Å². The minimum atomic E-state index is -0.459. The molecule has 1 fully saturated rings. The number of likely N-dealkylation sites (tertiary alicyclic amines) is 1. The smallest absolute Gasteiger partial charge is 0.291 e. The van der Waals surface area contributed by atoms with Crippen molar-refractivity contribution < 1.29 is 23.5 Å². The second-order valence-electron chi connectivity index (χ2n) is 7.18. The number of rotatable bonds is 6. The number of carbonyl (C=O) groups is 2. The Hall–Kier alpha value is -2.71. The zero-order chi connectivity index (χ0) is 20.3. The highest BCUT2D eigenvalue weighted by Gasteiger charge is 2.36. The lowest BCUT2D eigenvalue weighted by molar-refractivity contribution is 0.0777. The van der Waals surface area contributed by atoms with Crippen LogP contribution in [0.15, 0.2) is 34.9 Å². The summed E-state index contributed by atoms with van der Waals surface area (Å²) in [5.74, 6) is 0.294. The predicted molar refractivity (Wildman–Crippen MR) is 111 cm³/mol. The number of halogens is 1. The van der Waals surface area contributed by atoms with E-state index in [-0.39, 0.29) is 29.5 Å². The molecule has 1 unspecified atom stereocenters. The van der Waals surface area contributed by atoms with E-state index in [9.17, 15) is 9.59 Å². The monoisotopic (exact) mass is 423 g/mol. The number of benzene rings is 1. The third-order valence-electron chi connectivity index (χ3n) is 5.09. The highest BCUT2D eigenvalue weighted by atomic mass is 35.5. The van der Waals surface area contributed by atoms with Gasteiger partial charge in [0.05, 0.1) is 31.7 Å². The minimum absolute atomic E-state index is 0. The van der Waals surface area contributed by atoms with Gasteiger partial charge in [0, 0.05) is 19.2 Å². The normalized spacial score (nSPS) is 18.1. The van der Waals surface area contributed by atoms with Gasteiger partial charge in [-0.1, -0.05) is 6.92 Å². The van der Waals surface area contributed by atoms with Crippen LogP contribution in [0, 0.1) is 5.41 Å². The zero-order valence-electron chi connectivity index (χ0n) is 16.7. The van der Waals surface area contributed by atoms with Crippen molar-refractivity contribution in [2.75, 3.05) is 39.2 Å². The summed E-state index contributed by atoms with van der Waals surface area (Å²) in [4.78, 5) is 27.4. The molecular formula is C20H26ClN3O5. The van der Waals surface area contributed by atoms with Gasteiger partial charge in [0.15, 0.2) is 17.3 Å². The van der Waals surface area contributed by atoms with Crippen molar-refractivity contribution in [1.29, 1.82) is 0 Å². The van der Waals surface area contributed by atoms with Crippen LogP contribution in [0.2, 0.25) is 0 Å². The van der Waals surface area contributed by atoms with Crippen LogP contribution in [-0.2, 0) is 0 Å². The molecule has 1 aliphatic heterocycles. The lowest BCUT2D eigenvalue weighted by atomic mass is 9.90. The van der Waals surface area contributed by atoms with Gasteiger partial charge < -0.3 is 29.8 Å². The second kappa shape index (κ2) is 9.19. The summed E-state index contributed by atoms with van der Waals surface area (Å²) in [6, 6.07) is 6.32. The first kappa shape index (κ1) is 22.6. The molecule has 1 atom stereocenters. The number of hydrogen-bond acceptors (Lipinski definition) is 6. The van der Waals surface area contributed by atoms with Gasteiger partial charge in [-0.2, -0.15) is 0 Å². The van der Waals surface area contributed by atoms with Crippen molar-refractivity contribution in [2.45, 2.75) is 13.3 Å². The Morgan fingerprint density at radius 1 is 1.28 bits per heavy atom. The first-order valence-corrected chi connectivity index (χ1v) is 9.01. The molecule has 0 bridgehead atoms. The van der Waals surface area contributed by atoms with Gasteiger partial charge in [0.2, 0.25) is 0 Å². The molecule has 158 valence electrons. The third-order valence-corrected chi connectivity index (χ3v) is 5.09. The molecule has 1 aromatic carbocycles. The van der Waals surface area contributed by atoms with Gasteiger partial charge in [-0.3, -0.25) is 9.59 Å². The Morgan fingerprint density at radius 3 is 2.52 bits per heavy atom. The highest BCUT2D eigenvalue weighted by molar-refractivity contribution is 6.08. The van der Waals surface area contributed by atoms with Crippen molar-refractivity contribution in [2.24, 2.45) is 11.1 Å². The van der Waals surface area contributed by atoms with E-state index in [1.807, 2.05) is 0 Å². The maximum atomic E-state index is 13.2. The Bertz CT molecular complexity index is 871. The molecule has 8 nitrogen and oxygen atoms in total. The van der Waals surface area contributed by atoms with E-state index in [0.717, 1.165) is 6.42 Å². The summed E-state index contributed by atoms with van der Waals surface area (Å²) in [7, 11) is 2.99. The molecule has 0 radical (unpaired) electrons. The van der Waals surface area contributed by atoms with E-state index in [0.29, 0.717) is 42.4 Å². The van der Waals surface area contributed by atoms with E-state index in [4.69, 9.17) is 19.6 Å². The molecule has 0 spiro atoms. The fourth-order valence-corrected chi connectivity index (χ4v) is 3.29. The molecular weight excluding hydrogens is 398 g/mol.